The number of nitrogens with zero attached hydrogens (tertiary/aromatic N) is 2. The second kappa shape index (κ2) is 10.2. The van der Waals surface area contributed by atoms with Gasteiger partial charge in [-0.3, -0.25) is 19.3 Å². The molecule has 1 saturated heterocycles. The number of carbonyl (C=O) groups excluding carboxylic acids is 3. The van der Waals surface area contributed by atoms with E-state index in [-0.39, 0.29) is 17.0 Å². The number of allylic oxidation sites excluding steroid dienone is 1. The summed E-state index contributed by atoms with van der Waals surface area (Å²) in [6.45, 7) is 9.18. The smallest absolute Gasteiger partial charge is 0.294 e. The highest BCUT2D eigenvalue weighted by atomic mass is 32.2. The van der Waals surface area contributed by atoms with Crippen LogP contribution in [0.1, 0.15) is 45.2 Å². The highest BCUT2D eigenvalue weighted by Gasteiger charge is 2.37. The molecule has 1 fully saturated rings. The summed E-state index contributed by atoms with van der Waals surface area (Å²) in [6, 6.07) is 12.9. The van der Waals surface area contributed by atoms with Crippen molar-refractivity contribution in [1.82, 2.24) is 4.90 Å². The number of thioether (sulfide) groups is 1. The SMILES string of the molecule is CCCN1c2cc(OC)c(/C=C3/SC(=O)N(CC(=O)Nc4ccccc4)C3=O)cc2C(C)=CC1(C)C. The fourth-order valence-corrected chi connectivity index (χ4v) is 5.52. The van der Waals surface area contributed by atoms with Crippen LogP contribution >= 0.6 is 11.8 Å². The third-order valence-electron chi connectivity index (χ3n) is 6.30. The number of anilines is 2. The van der Waals surface area contributed by atoms with E-state index >= 15 is 0 Å². The summed E-state index contributed by atoms with van der Waals surface area (Å²) >= 11 is 0.829. The monoisotopic (exact) mass is 505 g/mol. The molecule has 8 heteroatoms. The largest absolute Gasteiger partial charge is 0.496 e. The van der Waals surface area contributed by atoms with Gasteiger partial charge in [-0.05, 0) is 68.8 Å². The average molecular weight is 506 g/mol. The Hall–Kier alpha value is -3.52. The molecule has 1 N–H and O–H groups in total. The molecule has 0 radical (unpaired) electrons. The summed E-state index contributed by atoms with van der Waals surface area (Å²) in [5.74, 6) is -0.307. The first-order chi connectivity index (χ1) is 17.1. The van der Waals surface area contributed by atoms with Crippen LogP contribution in [0.3, 0.4) is 0 Å². The van der Waals surface area contributed by atoms with Crippen LogP contribution in [0.25, 0.3) is 11.6 Å². The Kier molecular flexibility index (Phi) is 7.26. The van der Waals surface area contributed by atoms with Crippen LogP contribution in [0, 0.1) is 0 Å². The Morgan fingerprint density at radius 1 is 1.17 bits per heavy atom. The molecule has 2 aliphatic heterocycles. The Labute approximate surface area is 216 Å². The molecule has 3 amide bonds. The van der Waals surface area contributed by atoms with Crippen molar-refractivity contribution in [2.45, 2.75) is 39.7 Å². The standard InChI is InChI=1S/C28H31N3O4S/c1-6-12-31-22-15-23(35-5)19(13-21(22)18(2)16-28(31,3)4)14-24-26(33)30(27(34)36-24)17-25(32)29-20-10-8-7-9-11-20/h7-11,13-16H,6,12,17H2,1-5H3,(H,29,32)/b24-14+. The molecular weight excluding hydrogens is 474 g/mol. The van der Waals surface area contributed by atoms with Crippen molar-refractivity contribution in [3.05, 3.63) is 64.6 Å². The summed E-state index contributed by atoms with van der Waals surface area (Å²) in [7, 11) is 1.60. The van der Waals surface area contributed by atoms with E-state index < -0.39 is 17.1 Å². The molecule has 0 aliphatic carbocycles. The summed E-state index contributed by atoms with van der Waals surface area (Å²) in [5, 5.41) is 2.23. The zero-order valence-electron chi connectivity index (χ0n) is 21.3. The topological polar surface area (TPSA) is 79.0 Å². The molecule has 4 rings (SSSR count). The number of amides is 3. The van der Waals surface area contributed by atoms with Crippen LogP contribution < -0.4 is 15.0 Å². The minimum absolute atomic E-state index is 0.136. The molecule has 0 bridgehead atoms. The first-order valence-corrected chi connectivity index (χ1v) is 12.8. The fourth-order valence-electron chi connectivity index (χ4n) is 4.69. The molecule has 0 spiro atoms. The minimum atomic E-state index is -0.492. The van der Waals surface area contributed by atoms with Crippen LogP contribution in [0.5, 0.6) is 5.75 Å². The van der Waals surface area contributed by atoms with Crippen LogP contribution in [0.4, 0.5) is 16.2 Å². The van der Waals surface area contributed by atoms with E-state index in [1.54, 1.807) is 37.5 Å². The molecule has 188 valence electrons. The molecule has 2 aromatic rings. The van der Waals surface area contributed by atoms with Gasteiger partial charge in [0.15, 0.2) is 0 Å². The number of hydrogen-bond acceptors (Lipinski definition) is 6. The number of benzene rings is 2. The second-order valence-corrected chi connectivity index (χ2v) is 10.4. The summed E-state index contributed by atoms with van der Waals surface area (Å²) in [4.78, 5) is 41.7. The van der Waals surface area contributed by atoms with E-state index in [0.717, 1.165) is 46.5 Å². The number of hydrogen-bond donors (Lipinski definition) is 1. The van der Waals surface area contributed by atoms with Crippen LogP contribution in [-0.2, 0) is 9.59 Å². The highest BCUT2D eigenvalue weighted by molar-refractivity contribution is 8.18. The van der Waals surface area contributed by atoms with Crippen LogP contribution in [-0.4, -0.2) is 47.7 Å². The number of carbonyl (C=O) groups is 3. The molecule has 0 atom stereocenters. The first-order valence-electron chi connectivity index (χ1n) is 11.9. The van der Waals surface area contributed by atoms with Crippen LogP contribution in [0.2, 0.25) is 0 Å². The zero-order chi connectivity index (χ0) is 26.0. The molecule has 0 unspecified atom stereocenters. The molecular formula is C28H31N3O4S. The van der Waals surface area contributed by atoms with Crippen molar-refractivity contribution in [3.63, 3.8) is 0 Å². The van der Waals surface area contributed by atoms with Gasteiger partial charge in [0.25, 0.3) is 11.1 Å². The lowest BCUT2D eigenvalue weighted by Crippen LogP contribution is -2.45. The molecule has 7 nitrogen and oxygen atoms in total. The lowest BCUT2D eigenvalue weighted by molar-refractivity contribution is -0.127. The average Bonchev–Trinajstić information content (AvgIpc) is 3.09. The van der Waals surface area contributed by atoms with Crippen LogP contribution in [0.15, 0.2) is 53.4 Å². The molecule has 2 aromatic carbocycles. The van der Waals surface area contributed by atoms with Gasteiger partial charge in [-0.15, -0.1) is 0 Å². The molecule has 36 heavy (non-hydrogen) atoms. The quantitative estimate of drug-likeness (QED) is 0.481. The van der Waals surface area contributed by atoms with Gasteiger partial charge in [0.1, 0.15) is 12.3 Å². The predicted molar refractivity (Wildman–Crippen MR) is 146 cm³/mol. The molecule has 2 heterocycles. The Bertz CT molecular complexity index is 1270. The maximum absolute atomic E-state index is 13.1. The molecule has 0 aromatic heterocycles. The summed E-state index contributed by atoms with van der Waals surface area (Å²) in [6.07, 6.45) is 4.93. The van der Waals surface area contributed by atoms with Crippen molar-refractivity contribution >= 4 is 51.8 Å². The molecule has 2 aliphatic rings. The lowest BCUT2D eigenvalue weighted by Gasteiger charge is -2.43. The highest BCUT2D eigenvalue weighted by Crippen LogP contribution is 2.43. The minimum Gasteiger partial charge on any atom is -0.496 e. The van der Waals surface area contributed by atoms with Crippen molar-refractivity contribution in [2.75, 3.05) is 30.4 Å². The zero-order valence-corrected chi connectivity index (χ0v) is 22.1. The van der Waals surface area contributed by atoms with E-state index in [9.17, 15) is 14.4 Å². The van der Waals surface area contributed by atoms with Gasteiger partial charge in [-0.25, -0.2) is 0 Å². The van der Waals surface area contributed by atoms with Gasteiger partial charge in [0, 0.05) is 35.1 Å². The molecule has 0 saturated carbocycles. The van der Waals surface area contributed by atoms with Crippen molar-refractivity contribution in [2.24, 2.45) is 0 Å². The van der Waals surface area contributed by atoms with Gasteiger partial charge in [-0.1, -0.05) is 31.2 Å². The maximum atomic E-state index is 13.1. The number of nitrogens with one attached hydrogen (secondary N) is 1. The lowest BCUT2D eigenvalue weighted by atomic mass is 9.87. The number of methoxy groups -OCH3 is 1. The van der Waals surface area contributed by atoms with E-state index in [4.69, 9.17) is 4.74 Å². The number of para-hydroxylation sites is 1. The van der Waals surface area contributed by atoms with Gasteiger partial charge < -0.3 is 15.0 Å². The van der Waals surface area contributed by atoms with E-state index in [2.05, 4.69) is 44.0 Å². The normalized spacial score (nSPS) is 17.8. The number of fused-ring (bicyclic) bond motifs is 1. The van der Waals surface area contributed by atoms with Gasteiger partial charge >= 0.3 is 0 Å². The fraction of sp³-hybridized carbons (Fsp3) is 0.321. The van der Waals surface area contributed by atoms with Crippen molar-refractivity contribution in [3.8, 4) is 5.75 Å². The Morgan fingerprint density at radius 3 is 2.56 bits per heavy atom. The predicted octanol–water partition coefficient (Wildman–Crippen LogP) is 5.78. The third kappa shape index (κ3) is 5.04. The van der Waals surface area contributed by atoms with Crippen molar-refractivity contribution in [1.29, 1.82) is 0 Å². The summed E-state index contributed by atoms with van der Waals surface area (Å²) < 4.78 is 5.70. The number of imide groups is 1. The van der Waals surface area contributed by atoms with E-state index in [1.807, 2.05) is 18.2 Å². The van der Waals surface area contributed by atoms with E-state index in [1.165, 1.54) is 0 Å². The van der Waals surface area contributed by atoms with Gasteiger partial charge in [0.05, 0.1) is 17.6 Å². The number of rotatable bonds is 7. The maximum Gasteiger partial charge on any atom is 0.294 e. The summed E-state index contributed by atoms with van der Waals surface area (Å²) in [5.41, 5.74) is 4.47. The van der Waals surface area contributed by atoms with Gasteiger partial charge in [-0.2, -0.15) is 0 Å². The Morgan fingerprint density at radius 2 is 1.89 bits per heavy atom. The first kappa shape index (κ1) is 25.6. The van der Waals surface area contributed by atoms with Gasteiger partial charge in [0.2, 0.25) is 5.91 Å². The van der Waals surface area contributed by atoms with Crippen molar-refractivity contribution < 1.29 is 19.1 Å². The third-order valence-corrected chi connectivity index (χ3v) is 7.20. The Balaban J connectivity index is 1.61. The number of ether oxygens (including phenoxy) is 1. The second-order valence-electron chi connectivity index (χ2n) is 9.43. The van der Waals surface area contributed by atoms with E-state index in [0.29, 0.717) is 17.0 Å².